The third-order valence-corrected chi connectivity index (χ3v) is 5.70. The van der Waals surface area contributed by atoms with Gasteiger partial charge in [0.2, 0.25) is 6.29 Å². The molecule has 0 aromatic heterocycles. The van der Waals surface area contributed by atoms with Crippen molar-refractivity contribution in [2.75, 3.05) is 6.61 Å². The topological polar surface area (TPSA) is 162 Å². The van der Waals surface area contributed by atoms with E-state index in [0.717, 1.165) is 0 Å². The molecule has 142 valence electrons. The van der Waals surface area contributed by atoms with Crippen LogP contribution in [0.5, 0.6) is 0 Å². The molecule has 0 spiro atoms. The van der Waals surface area contributed by atoms with Crippen molar-refractivity contribution >= 4 is 0 Å². The third kappa shape index (κ3) is 2.30. The van der Waals surface area contributed by atoms with Crippen LogP contribution in [-0.2, 0) is 18.9 Å². The number of rotatable bonds is 3. The molecule has 10 heteroatoms. The first-order chi connectivity index (χ1) is 11.7. The number of fused-ring (bicyclic) bond motifs is 3. The summed E-state index contributed by atoms with van der Waals surface area (Å²) in [6.45, 7) is 1.11. The van der Waals surface area contributed by atoms with Gasteiger partial charge in [0, 0.05) is 0 Å². The van der Waals surface area contributed by atoms with E-state index in [2.05, 4.69) is 0 Å². The quantitative estimate of drug-likeness (QED) is 0.278. The van der Waals surface area contributed by atoms with E-state index in [-0.39, 0.29) is 0 Å². The third-order valence-electron chi connectivity index (χ3n) is 5.70. The molecule has 4 rings (SSSR count). The minimum Gasteiger partial charge on any atom is -0.472 e. The Bertz CT molecular complexity index is 569. The van der Waals surface area contributed by atoms with Gasteiger partial charge >= 0.3 is 0 Å². The van der Waals surface area contributed by atoms with Gasteiger partial charge in [0.15, 0.2) is 6.29 Å². The van der Waals surface area contributed by atoms with Gasteiger partial charge in [0.25, 0.3) is 0 Å². The molecule has 4 aliphatic rings. The van der Waals surface area contributed by atoms with Gasteiger partial charge in [-0.25, -0.2) is 0 Å². The Morgan fingerprint density at radius 3 is 2.48 bits per heavy atom. The zero-order chi connectivity index (χ0) is 18.1. The number of epoxide rings is 1. The van der Waals surface area contributed by atoms with E-state index in [0.29, 0.717) is 0 Å². The molecule has 0 radical (unpaired) electrons. The average molecular weight is 362 g/mol. The van der Waals surface area contributed by atoms with E-state index in [1.807, 2.05) is 0 Å². The van der Waals surface area contributed by atoms with Gasteiger partial charge in [-0.05, 0) is 13.0 Å². The van der Waals surface area contributed by atoms with E-state index in [4.69, 9.17) is 18.9 Å². The van der Waals surface area contributed by atoms with Crippen molar-refractivity contribution < 1.29 is 49.6 Å². The Hall–Kier alpha value is -0.820. The van der Waals surface area contributed by atoms with Crippen LogP contribution in [0.2, 0.25) is 0 Å². The van der Waals surface area contributed by atoms with Gasteiger partial charge in [0.1, 0.15) is 47.8 Å². The normalized spacial score (nSPS) is 59.9. The van der Waals surface area contributed by atoms with E-state index >= 15 is 0 Å². The summed E-state index contributed by atoms with van der Waals surface area (Å²) in [7, 11) is 0. The number of hydrogen-bond donors (Lipinski definition) is 6. The summed E-state index contributed by atoms with van der Waals surface area (Å²) in [5, 5.41) is 60.0. The Morgan fingerprint density at radius 1 is 1.08 bits per heavy atom. The Balaban J connectivity index is 1.56. The molecule has 0 unspecified atom stereocenters. The summed E-state index contributed by atoms with van der Waals surface area (Å²) in [5.74, 6) is -0.808. The van der Waals surface area contributed by atoms with Gasteiger partial charge in [-0.15, -0.1) is 0 Å². The van der Waals surface area contributed by atoms with Crippen LogP contribution >= 0.6 is 0 Å². The predicted molar refractivity (Wildman–Crippen MR) is 76.6 cm³/mol. The largest absolute Gasteiger partial charge is 0.472 e. The molecule has 1 saturated carbocycles. The van der Waals surface area contributed by atoms with E-state index in [1.165, 1.54) is 12.3 Å². The highest BCUT2D eigenvalue weighted by Gasteiger charge is 2.79. The second-order valence-electron chi connectivity index (χ2n) is 7.17. The lowest BCUT2D eigenvalue weighted by molar-refractivity contribution is -0.349. The van der Waals surface area contributed by atoms with E-state index < -0.39 is 72.9 Å². The van der Waals surface area contributed by atoms with Crippen LogP contribution in [-0.4, -0.2) is 97.7 Å². The van der Waals surface area contributed by atoms with Crippen molar-refractivity contribution in [1.29, 1.82) is 0 Å². The molecule has 3 heterocycles. The zero-order valence-electron chi connectivity index (χ0n) is 13.4. The van der Waals surface area contributed by atoms with Crippen molar-refractivity contribution in [3.05, 3.63) is 12.3 Å². The van der Waals surface area contributed by atoms with E-state index in [1.54, 1.807) is 6.92 Å². The first kappa shape index (κ1) is 17.6. The highest BCUT2D eigenvalue weighted by molar-refractivity contribution is 5.31. The fourth-order valence-corrected chi connectivity index (χ4v) is 4.17. The molecule has 0 aromatic rings. The summed E-state index contributed by atoms with van der Waals surface area (Å²) in [5.41, 5.74) is -2.51. The summed E-state index contributed by atoms with van der Waals surface area (Å²) in [6.07, 6.45) is -7.63. The Labute approximate surface area is 142 Å². The van der Waals surface area contributed by atoms with Gasteiger partial charge in [-0.1, -0.05) is 0 Å². The summed E-state index contributed by atoms with van der Waals surface area (Å²) >= 11 is 0. The molecule has 3 aliphatic heterocycles. The molecule has 1 aliphatic carbocycles. The highest BCUT2D eigenvalue weighted by Crippen LogP contribution is 2.61. The summed E-state index contributed by atoms with van der Waals surface area (Å²) < 4.78 is 21.8. The average Bonchev–Trinajstić information content (AvgIpc) is 3.22. The Kier molecular flexibility index (Phi) is 3.93. The summed E-state index contributed by atoms with van der Waals surface area (Å²) in [4.78, 5) is 0. The lowest BCUT2D eigenvalue weighted by Gasteiger charge is -2.45. The van der Waals surface area contributed by atoms with Crippen LogP contribution in [0.1, 0.15) is 6.92 Å². The molecule has 6 N–H and O–H groups in total. The SMILES string of the molecule is C[C@]12O[C@H]1[C@@H](O)[C@@]1(O)C=CO[C@@H](O[C@@H]3O[C@H](CO)[C@@H](O)[C@H](O)[C@H]3O)[C@@H]12. The van der Waals surface area contributed by atoms with Crippen LogP contribution in [0, 0.1) is 5.92 Å². The van der Waals surface area contributed by atoms with Crippen LogP contribution in [0.15, 0.2) is 12.3 Å². The molecule has 10 nitrogen and oxygen atoms in total. The summed E-state index contributed by atoms with van der Waals surface area (Å²) in [6, 6.07) is 0. The maximum atomic E-state index is 10.8. The molecular weight excluding hydrogens is 340 g/mol. The standard InChI is InChI=1S/C15H22O10/c1-14-9-13(22-3-2-15(9,21)10(20)11(14)25-14)24-12-8(19)7(18)6(17)5(4-16)23-12/h2-3,5-13,16-21H,4H2,1H3/t5-,6-,7+,8-,9-,10-,11+,12+,13+,14-,15-/m1/s1. The second kappa shape index (κ2) is 5.59. The van der Waals surface area contributed by atoms with Crippen molar-refractivity contribution in [1.82, 2.24) is 0 Å². The van der Waals surface area contributed by atoms with E-state index in [9.17, 15) is 30.6 Å². The van der Waals surface area contributed by atoms with Gasteiger partial charge in [0.05, 0.1) is 18.8 Å². The minimum atomic E-state index is -1.63. The lowest BCUT2D eigenvalue weighted by atomic mass is 9.82. The van der Waals surface area contributed by atoms with Crippen LogP contribution < -0.4 is 0 Å². The molecular formula is C15H22O10. The van der Waals surface area contributed by atoms with Gasteiger partial charge in [-0.3, -0.25) is 0 Å². The van der Waals surface area contributed by atoms with Crippen molar-refractivity contribution in [3.63, 3.8) is 0 Å². The smallest absolute Gasteiger partial charge is 0.210 e. The lowest BCUT2D eigenvalue weighted by Crippen LogP contribution is -2.61. The predicted octanol–water partition coefficient (Wildman–Crippen LogP) is -3.45. The Morgan fingerprint density at radius 2 is 1.80 bits per heavy atom. The number of hydrogen-bond acceptors (Lipinski definition) is 10. The molecule has 0 bridgehead atoms. The molecule has 11 atom stereocenters. The fraction of sp³-hybridized carbons (Fsp3) is 0.867. The fourth-order valence-electron chi connectivity index (χ4n) is 4.17. The highest BCUT2D eigenvalue weighted by atomic mass is 16.8. The van der Waals surface area contributed by atoms with Crippen LogP contribution in [0.4, 0.5) is 0 Å². The van der Waals surface area contributed by atoms with Crippen LogP contribution in [0.25, 0.3) is 0 Å². The van der Waals surface area contributed by atoms with Gasteiger partial charge in [-0.2, -0.15) is 0 Å². The first-order valence-electron chi connectivity index (χ1n) is 8.11. The molecule has 2 saturated heterocycles. The number of aliphatic hydroxyl groups excluding tert-OH is 5. The van der Waals surface area contributed by atoms with Crippen LogP contribution in [0.3, 0.4) is 0 Å². The monoisotopic (exact) mass is 362 g/mol. The van der Waals surface area contributed by atoms with Gasteiger partial charge < -0.3 is 49.6 Å². The molecule has 0 aromatic carbocycles. The minimum absolute atomic E-state index is 0.574. The first-order valence-corrected chi connectivity index (χ1v) is 8.11. The number of ether oxygens (including phenoxy) is 4. The molecule has 3 fully saturated rings. The molecule has 25 heavy (non-hydrogen) atoms. The number of aliphatic hydroxyl groups is 6. The van der Waals surface area contributed by atoms with Crippen molar-refractivity contribution in [2.24, 2.45) is 5.92 Å². The van der Waals surface area contributed by atoms with Crippen molar-refractivity contribution in [2.45, 2.75) is 67.3 Å². The maximum absolute atomic E-state index is 10.8. The maximum Gasteiger partial charge on any atom is 0.210 e. The zero-order valence-corrected chi connectivity index (χ0v) is 13.4. The molecule has 0 amide bonds. The van der Waals surface area contributed by atoms with Crippen molar-refractivity contribution in [3.8, 4) is 0 Å². The second-order valence-corrected chi connectivity index (χ2v) is 7.17.